The Balaban J connectivity index is 1.57. The van der Waals surface area contributed by atoms with E-state index in [9.17, 15) is 14.7 Å². The number of aryl methyl sites for hydroxylation is 1. The molecular formula is C20H29ClN4O3. The minimum absolute atomic E-state index is 0.0362. The molecule has 2 saturated heterocycles. The van der Waals surface area contributed by atoms with Crippen molar-refractivity contribution in [3.63, 3.8) is 0 Å². The molecule has 1 aromatic carbocycles. The summed E-state index contributed by atoms with van der Waals surface area (Å²) in [5.41, 5.74) is 1.35. The topological polar surface area (TPSA) is 84.9 Å². The van der Waals surface area contributed by atoms with Gasteiger partial charge in [-0.15, -0.1) is 0 Å². The van der Waals surface area contributed by atoms with Gasteiger partial charge < -0.3 is 20.2 Å². The second-order valence-electron chi connectivity index (χ2n) is 7.86. The van der Waals surface area contributed by atoms with Crippen LogP contribution in [-0.4, -0.2) is 59.4 Å². The molecule has 2 aliphatic rings. The van der Waals surface area contributed by atoms with Crippen LogP contribution in [0.2, 0.25) is 5.02 Å². The highest BCUT2D eigenvalue weighted by atomic mass is 35.5. The Morgan fingerprint density at radius 1 is 1.39 bits per heavy atom. The summed E-state index contributed by atoms with van der Waals surface area (Å²) in [6.45, 7) is 7.95. The van der Waals surface area contributed by atoms with Crippen LogP contribution in [-0.2, 0) is 16.0 Å². The van der Waals surface area contributed by atoms with Crippen LogP contribution in [0.25, 0.3) is 0 Å². The number of nitrogens with one attached hydrogen (secondary N) is 2. The minimum Gasteiger partial charge on any atom is -0.365 e. The van der Waals surface area contributed by atoms with Gasteiger partial charge in [0.1, 0.15) is 0 Å². The summed E-state index contributed by atoms with van der Waals surface area (Å²) >= 11 is 6.23. The summed E-state index contributed by atoms with van der Waals surface area (Å²) in [6, 6.07) is 6.29. The highest BCUT2D eigenvalue weighted by Crippen LogP contribution is 2.27. The third kappa shape index (κ3) is 4.26. The maximum Gasteiger partial charge on any atom is 0.243 e. The number of benzene rings is 1. The van der Waals surface area contributed by atoms with E-state index in [0.29, 0.717) is 19.5 Å². The first kappa shape index (κ1) is 20.9. The molecule has 2 amide bonds. The molecule has 154 valence electrons. The second kappa shape index (κ2) is 8.27. The lowest BCUT2D eigenvalue weighted by atomic mass is 9.95. The summed E-state index contributed by atoms with van der Waals surface area (Å²) in [7, 11) is 0. The first-order chi connectivity index (χ1) is 13.2. The number of anilines is 1. The number of rotatable bonds is 5. The molecule has 28 heavy (non-hydrogen) atoms. The Morgan fingerprint density at radius 3 is 2.75 bits per heavy atom. The van der Waals surface area contributed by atoms with Gasteiger partial charge in [-0.1, -0.05) is 18.5 Å². The molecule has 0 aliphatic carbocycles. The lowest BCUT2D eigenvalue weighted by Crippen LogP contribution is -2.54. The summed E-state index contributed by atoms with van der Waals surface area (Å²) < 4.78 is 0. The quantitative estimate of drug-likeness (QED) is 0.687. The van der Waals surface area contributed by atoms with Crippen molar-refractivity contribution < 1.29 is 14.7 Å². The highest BCUT2D eigenvalue weighted by molar-refractivity contribution is 6.31. The zero-order valence-corrected chi connectivity index (χ0v) is 17.4. The van der Waals surface area contributed by atoms with Gasteiger partial charge in [0.2, 0.25) is 11.8 Å². The molecule has 0 saturated carbocycles. The number of carbonyl (C=O) groups excluding carboxylic acids is 2. The first-order valence-electron chi connectivity index (χ1n) is 9.83. The first-order valence-corrected chi connectivity index (χ1v) is 10.2. The van der Waals surface area contributed by atoms with E-state index in [1.54, 1.807) is 6.92 Å². The number of carbonyl (C=O) groups is 2. The van der Waals surface area contributed by atoms with Gasteiger partial charge in [-0.25, -0.2) is 0 Å². The van der Waals surface area contributed by atoms with Crippen molar-refractivity contribution in [2.75, 3.05) is 24.5 Å². The molecule has 1 unspecified atom stereocenters. The van der Waals surface area contributed by atoms with Gasteiger partial charge in [-0.2, -0.15) is 0 Å². The van der Waals surface area contributed by atoms with Crippen LogP contribution in [0.15, 0.2) is 18.2 Å². The van der Waals surface area contributed by atoms with E-state index in [4.69, 9.17) is 11.6 Å². The third-order valence-corrected chi connectivity index (χ3v) is 6.15. The SMILES string of the molecule is CCc1cc(N2CCN(C(=O)CC[C@@]3(C)NC(O)NC3=O)C[C@@H]2C)ccc1Cl. The number of hydrogen-bond donors (Lipinski definition) is 3. The number of nitrogens with zero attached hydrogens (tertiary/aromatic N) is 2. The molecule has 2 fully saturated rings. The predicted octanol–water partition coefficient (Wildman–Crippen LogP) is 1.47. The standard InChI is InChI=1S/C20H29ClN4O3/c1-4-14-11-15(5-6-16(14)21)25-10-9-24(12-13(25)2)17(26)7-8-20(3)18(27)22-19(28)23-20/h5-6,11,13,19,23,28H,4,7-10,12H2,1-3H3,(H,22,27)/t13-,19?,20+/m0/s1. The molecule has 3 atom stereocenters. The fraction of sp³-hybridized carbons (Fsp3) is 0.600. The number of aliphatic hydroxyl groups is 1. The lowest BCUT2D eigenvalue weighted by Gasteiger charge is -2.41. The molecule has 0 bridgehead atoms. The van der Waals surface area contributed by atoms with Gasteiger partial charge in [0, 0.05) is 42.8 Å². The molecule has 1 aromatic rings. The number of halogens is 1. The summed E-state index contributed by atoms with van der Waals surface area (Å²) in [6.07, 6.45) is 0.440. The number of aliphatic hydroxyl groups excluding tert-OH is 1. The maximum atomic E-state index is 12.7. The molecule has 0 radical (unpaired) electrons. The maximum absolute atomic E-state index is 12.7. The van der Waals surface area contributed by atoms with Crippen LogP contribution in [0, 0.1) is 0 Å². The van der Waals surface area contributed by atoms with Crippen molar-refractivity contribution in [2.24, 2.45) is 0 Å². The zero-order valence-electron chi connectivity index (χ0n) is 16.7. The number of hydrogen-bond acceptors (Lipinski definition) is 5. The summed E-state index contributed by atoms with van der Waals surface area (Å²) in [4.78, 5) is 28.8. The molecule has 0 aromatic heterocycles. The molecule has 8 heteroatoms. The van der Waals surface area contributed by atoms with Crippen molar-refractivity contribution >= 4 is 29.1 Å². The van der Waals surface area contributed by atoms with E-state index in [1.165, 1.54) is 0 Å². The smallest absolute Gasteiger partial charge is 0.243 e. The molecule has 3 rings (SSSR count). The van der Waals surface area contributed by atoms with Crippen LogP contribution in [0.5, 0.6) is 0 Å². The predicted molar refractivity (Wildman–Crippen MR) is 109 cm³/mol. The van der Waals surface area contributed by atoms with Crippen LogP contribution in [0.4, 0.5) is 5.69 Å². The average molecular weight is 409 g/mol. The summed E-state index contributed by atoms with van der Waals surface area (Å²) in [5, 5.41) is 15.5. The van der Waals surface area contributed by atoms with Crippen LogP contribution in [0.3, 0.4) is 0 Å². The fourth-order valence-corrected chi connectivity index (χ4v) is 4.22. The number of piperazine rings is 1. The van der Waals surface area contributed by atoms with E-state index in [1.807, 2.05) is 17.0 Å². The zero-order chi connectivity index (χ0) is 20.5. The van der Waals surface area contributed by atoms with Gasteiger partial charge >= 0.3 is 0 Å². The number of amides is 2. The van der Waals surface area contributed by atoms with Gasteiger partial charge in [0.25, 0.3) is 0 Å². The second-order valence-corrected chi connectivity index (χ2v) is 8.27. The Bertz CT molecular complexity index is 759. The third-order valence-electron chi connectivity index (χ3n) is 5.79. The van der Waals surface area contributed by atoms with Crippen LogP contribution >= 0.6 is 11.6 Å². The Morgan fingerprint density at radius 2 is 2.14 bits per heavy atom. The Hall–Kier alpha value is -1.83. The Kier molecular flexibility index (Phi) is 6.17. The van der Waals surface area contributed by atoms with Crippen molar-refractivity contribution in [2.45, 2.75) is 58.0 Å². The molecule has 0 spiro atoms. The summed E-state index contributed by atoms with van der Waals surface area (Å²) in [5.74, 6) is -0.241. The molecule has 2 heterocycles. The van der Waals surface area contributed by atoms with E-state index >= 15 is 0 Å². The average Bonchev–Trinajstić information content (AvgIpc) is 2.92. The van der Waals surface area contributed by atoms with Gasteiger partial charge in [0.05, 0.1) is 5.54 Å². The highest BCUT2D eigenvalue weighted by Gasteiger charge is 2.42. The molecule has 3 N–H and O–H groups in total. The molecule has 7 nitrogen and oxygen atoms in total. The van der Waals surface area contributed by atoms with Crippen molar-refractivity contribution in [3.8, 4) is 0 Å². The van der Waals surface area contributed by atoms with E-state index in [2.05, 4.69) is 35.4 Å². The Labute approximate surface area is 171 Å². The van der Waals surface area contributed by atoms with Crippen molar-refractivity contribution in [1.82, 2.24) is 15.5 Å². The monoisotopic (exact) mass is 408 g/mol. The van der Waals surface area contributed by atoms with Gasteiger partial charge in [-0.3, -0.25) is 14.9 Å². The minimum atomic E-state index is -1.05. The lowest BCUT2D eigenvalue weighted by molar-refractivity contribution is -0.132. The van der Waals surface area contributed by atoms with Crippen molar-refractivity contribution in [3.05, 3.63) is 28.8 Å². The van der Waals surface area contributed by atoms with Crippen LogP contribution < -0.4 is 15.5 Å². The van der Waals surface area contributed by atoms with Crippen LogP contribution in [0.1, 0.15) is 39.2 Å². The van der Waals surface area contributed by atoms with E-state index in [0.717, 1.165) is 29.2 Å². The van der Waals surface area contributed by atoms with E-state index < -0.39 is 11.9 Å². The largest absolute Gasteiger partial charge is 0.365 e. The fourth-order valence-electron chi connectivity index (χ4n) is 3.97. The van der Waals surface area contributed by atoms with Crippen molar-refractivity contribution in [1.29, 1.82) is 0 Å². The van der Waals surface area contributed by atoms with E-state index in [-0.39, 0.29) is 24.3 Å². The normalized spacial score (nSPS) is 27.8. The van der Waals surface area contributed by atoms with Gasteiger partial charge in [-0.05, 0) is 50.5 Å². The molecular weight excluding hydrogens is 380 g/mol. The molecule has 2 aliphatic heterocycles. The van der Waals surface area contributed by atoms with Gasteiger partial charge in [0.15, 0.2) is 6.35 Å².